The smallest absolute Gasteiger partial charge is 0.164 e. The first-order valence-corrected chi connectivity index (χ1v) is 22.9. The lowest BCUT2D eigenvalue weighted by molar-refractivity contribution is -0.0399. The molecule has 7 aromatic carbocycles. The first kappa shape index (κ1) is 34.7. The molecule has 4 saturated carbocycles. The lowest BCUT2D eigenvalue weighted by Crippen LogP contribution is -2.55. The van der Waals surface area contributed by atoms with Gasteiger partial charge >= 0.3 is 0 Å². The summed E-state index contributed by atoms with van der Waals surface area (Å²) in [6, 6.07) is 50.5. The highest BCUT2D eigenvalue weighted by atomic mass is 16.3. The molecule has 0 saturated heterocycles. The zero-order chi connectivity index (χ0) is 41.3. The van der Waals surface area contributed by atoms with Gasteiger partial charge in [0.25, 0.3) is 0 Å². The van der Waals surface area contributed by atoms with Crippen LogP contribution in [0.4, 0.5) is 0 Å². The van der Waals surface area contributed by atoms with Crippen LogP contribution in [0.15, 0.2) is 148 Å². The van der Waals surface area contributed by atoms with Crippen LogP contribution in [-0.4, -0.2) is 15.0 Å². The summed E-state index contributed by atoms with van der Waals surface area (Å²) in [6.45, 7) is 4.87. The molecule has 16 rings (SSSR count). The molecule has 5 nitrogen and oxygen atoms in total. The van der Waals surface area contributed by atoms with Crippen LogP contribution in [0.2, 0.25) is 0 Å². The number of nitrogens with zero attached hydrogens (tertiary/aromatic N) is 3. The predicted molar refractivity (Wildman–Crippen MR) is 252 cm³/mol. The van der Waals surface area contributed by atoms with Gasteiger partial charge in [0.2, 0.25) is 0 Å². The second kappa shape index (κ2) is 12.0. The number of para-hydroxylation sites is 2. The zero-order valence-electron chi connectivity index (χ0n) is 35.3. The molecule has 0 aliphatic heterocycles. The van der Waals surface area contributed by atoms with Crippen molar-refractivity contribution in [3.63, 3.8) is 0 Å². The fourth-order valence-electron chi connectivity index (χ4n) is 14.2. The SMILES string of the molecule is CC1(C)c2ccccc2-c2cc3c(cc21)C1(c2cc(-c4nc(-c5cccc6oc7ccccc7c56)nc(-c5cccc6oc7ccccc7c56)n4)ccc2-3)C2CC3CC(C2)CC1C3. The Balaban J connectivity index is 0.990. The lowest BCUT2D eigenvalue weighted by Gasteiger charge is -2.61. The van der Waals surface area contributed by atoms with Crippen LogP contribution in [0.25, 0.3) is 100 Å². The molecule has 5 heteroatoms. The lowest BCUT2D eigenvalue weighted by atomic mass is 9.43. The Hall–Kier alpha value is -6.85. The second-order valence-corrected chi connectivity index (χ2v) is 19.9. The van der Waals surface area contributed by atoms with Gasteiger partial charge in [-0.15, -0.1) is 0 Å². The van der Waals surface area contributed by atoms with Crippen molar-refractivity contribution in [2.75, 3.05) is 0 Å². The average Bonchev–Trinajstić information content (AvgIpc) is 4.03. The van der Waals surface area contributed by atoms with Crippen molar-refractivity contribution in [3.8, 4) is 56.4 Å². The van der Waals surface area contributed by atoms with E-state index in [1.54, 1.807) is 5.56 Å². The number of aromatic nitrogens is 3. The van der Waals surface area contributed by atoms with Crippen molar-refractivity contribution in [3.05, 3.63) is 162 Å². The average molecular weight is 814 g/mol. The van der Waals surface area contributed by atoms with Gasteiger partial charge in [-0.1, -0.05) is 117 Å². The molecule has 10 aromatic rings. The normalized spacial score (nSPS) is 23.3. The van der Waals surface area contributed by atoms with Gasteiger partial charge < -0.3 is 8.83 Å². The van der Waals surface area contributed by atoms with Crippen molar-refractivity contribution < 1.29 is 8.83 Å². The van der Waals surface area contributed by atoms with Gasteiger partial charge in [-0.3, -0.25) is 0 Å². The van der Waals surface area contributed by atoms with Crippen molar-refractivity contribution in [2.45, 2.75) is 56.8 Å². The molecule has 302 valence electrons. The van der Waals surface area contributed by atoms with Gasteiger partial charge in [0, 0.05) is 49.1 Å². The monoisotopic (exact) mass is 813 g/mol. The quantitative estimate of drug-likeness (QED) is 0.178. The molecule has 3 heterocycles. The number of rotatable bonds is 3. The first-order valence-electron chi connectivity index (χ1n) is 22.9. The molecular weight excluding hydrogens is 771 g/mol. The van der Waals surface area contributed by atoms with E-state index in [4.69, 9.17) is 23.8 Å². The first-order chi connectivity index (χ1) is 30.9. The molecule has 0 N–H and O–H groups in total. The minimum Gasteiger partial charge on any atom is -0.456 e. The molecule has 0 amide bonds. The van der Waals surface area contributed by atoms with Crippen molar-refractivity contribution >= 4 is 43.9 Å². The maximum absolute atomic E-state index is 6.41. The minimum absolute atomic E-state index is 0.0325. The fraction of sp³-hybridized carbons (Fsp3) is 0.224. The van der Waals surface area contributed by atoms with E-state index in [-0.39, 0.29) is 10.8 Å². The van der Waals surface area contributed by atoms with E-state index in [9.17, 15) is 0 Å². The predicted octanol–water partition coefficient (Wildman–Crippen LogP) is 14.7. The highest BCUT2D eigenvalue weighted by molar-refractivity contribution is 6.13. The van der Waals surface area contributed by atoms with Crippen LogP contribution in [0.1, 0.15) is 68.2 Å². The Bertz CT molecular complexity index is 3480. The summed E-state index contributed by atoms with van der Waals surface area (Å²) >= 11 is 0. The van der Waals surface area contributed by atoms with E-state index in [1.165, 1.54) is 71.0 Å². The van der Waals surface area contributed by atoms with Crippen LogP contribution in [0.5, 0.6) is 0 Å². The van der Waals surface area contributed by atoms with E-state index in [2.05, 4.69) is 105 Å². The molecule has 6 aliphatic carbocycles. The van der Waals surface area contributed by atoms with E-state index < -0.39 is 0 Å². The Morgan fingerprint density at radius 1 is 0.413 bits per heavy atom. The standard InChI is InChI=1S/C58H43N3O2/c1-57(2)44-16-6-3-11-36(44)42-29-43-37-22-21-33(28-46(37)58(47(43)30-45(42)57)34-24-31-23-32(26-34)27-35(58)25-31)54-59-55(40-14-9-19-50-52(40)38-12-4-7-17-48(38)62-50)61-56(60-54)41-15-10-20-51-53(41)39-13-5-8-18-49(39)63-51/h3-22,28-32,34-35H,23-27H2,1-2H3. The fourth-order valence-corrected chi connectivity index (χ4v) is 14.2. The number of hydrogen-bond acceptors (Lipinski definition) is 5. The van der Waals surface area contributed by atoms with Crippen LogP contribution in [0.3, 0.4) is 0 Å². The topological polar surface area (TPSA) is 65.0 Å². The van der Waals surface area contributed by atoms with Gasteiger partial charge in [0.1, 0.15) is 22.3 Å². The van der Waals surface area contributed by atoms with Crippen LogP contribution in [0, 0.1) is 23.7 Å². The third-order valence-corrected chi connectivity index (χ3v) is 16.5. The van der Waals surface area contributed by atoms with Gasteiger partial charge in [0.15, 0.2) is 17.5 Å². The zero-order valence-corrected chi connectivity index (χ0v) is 35.3. The number of hydrogen-bond donors (Lipinski definition) is 0. The summed E-state index contributed by atoms with van der Waals surface area (Å²) in [4.78, 5) is 16.3. The number of fused-ring (bicyclic) bond motifs is 12. The van der Waals surface area contributed by atoms with Gasteiger partial charge in [-0.2, -0.15) is 0 Å². The number of furan rings is 2. The minimum atomic E-state index is -0.0575. The summed E-state index contributed by atoms with van der Waals surface area (Å²) in [5.74, 6) is 4.88. The summed E-state index contributed by atoms with van der Waals surface area (Å²) in [6.07, 6.45) is 6.71. The van der Waals surface area contributed by atoms with Crippen molar-refractivity contribution in [2.24, 2.45) is 23.7 Å². The highest BCUT2D eigenvalue weighted by Gasteiger charge is 2.62. The molecule has 4 fully saturated rings. The van der Waals surface area contributed by atoms with Gasteiger partial charge in [-0.25, -0.2) is 15.0 Å². The van der Waals surface area contributed by atoms with E-state index in [1.807, 2.05) is 48.5 Å². The maximum atomic E-state index is 6.41. The Labute approximate surface area is 364 Å². The van der Waals surface area contributed by atoms with Crippen LogP contribution in [-0.2, 0) is 10.8 Å². The molecule has 0 radical (unpaired) electrons. The third-order valence-electron chi connectivity index (χ3n) is 16.5. The summed E-state index contributed by atoms with van der Waals surface area (Å²) in [5.41, 5.74) is 17.7. The molecule has 3 aromatic heterocycles. The summed E-state index contributed by atoms with van der Waals surface area (Å²) < 4.78 is 12.8. The summed E-state index contributed by atoms with van der Waals surface area (Å²) in [5, 5.41) is 4.12. The Morgan fingerprint density at radius 3 is 1.57 bits per heavy atom. The van der Waals surface area contributed by atoms with E-state index in [0.29, 0.717) is 29.3 Å². The van der Waals surface area contributed by atoms with E-state index >= 15 is 0 Å². The van der Waals surface area contributed by atoms with Crippen LogP contribution >= 0.6 is 0 Å². The van der Waals surface area contributed by atoms with Crippen molar-refractivity contribution in [1.29, 1.82) is 0 Å². The highest BCUT2D eigenvalue weighted by Crippen LogP contribution is 2.70. The molecule has 1 spiro atoms. The molecule has 0 unspecified atom stereocenters. The van der Waals surface area contributed by atoms with Gasteiger partial charge in [-0.05, 0) is 137 Å². The van der Waals surface area contributed by atoms with Crippen molar-refractivity contribution in [1.82, 2.24) is 15.0 Å². The maximum Gasteiger partial charge on any atom is 0.164 e. The van der Waals surface area contributed by atoms with Crippen LogP contribution < -0.4 is 0 Å². The Morgan fingerprint density at radius 2 is 0.921 bits per heavy atom. The number of benzene rings is 7. The second-order valence-electron chi connectivity index (χ2n) is 19.9. The molecule has 63 heavy (non-hydrogen) atoms. The third kappa shape index (κ3) is 4.45. The van der Waals surface area contributed by atoms with E-state index in [0.717, 1.165) is 72.4 Å². The molecule has 0 atom stereocenters. The Kier molecular flexibility index (Phi) is 6.60. The summed E-state index contributed by atoms with van der Waals surface area (Å²) in [7, 11) is 0. The molecular formula is C58H43N3O2. The largest absolute Gasteiger partial charge is 0.456 e. The molecule has 6 aliphatic rings. The van der Waals surface area contributed by atoms with Gasteiger partial charge in [0.05, 0.1) is 0 Å². The molecule has 4 bridgehead atoms.